The Hall–Kier alpha value is -5.19. The van der Waals surface area contributed by atoms with Crippen molar-refractivity contribution in [3.63, 3.8) is 0 Å². The van der Waals surface area contributed by atoms with Gasteiger partial charge in [-0.15, -0.1) is 0 Å². The number of carbonyl (C=O) groups is 1. The van der Waals surface area contributed by atoms with Gasteiger partial charge in [-0.25, -0.2) is 18.2 Å². The molecule has 5 aromatic rings. The zero-order valence-corrected chi connectivity index (χ0v) is 22.4. The first-order chi connectivity index (χ1) is 19.6. The highest BCUT2D eigenvalue weighted by Gasteiger charge is 2.24. The lowest BCUT2D eigenvalue weighted by atomic mass is 9.98. The number of benzene rings is 2. The summed E-state index contributed by atoms with van der Waals surface area (Å²) in [5.41, 5.74) is 0.417. The summed E-state index contributed by atoms with van der Waals surface area (Å²) in [6.07, 6.45) is 2.97. The van der Waals surface area contributed by atoms with E-state index < -0.39 is 28.8 Å². The van der Waals surface area contributed by atoms with Crippen molar-refractivity contribution >= 4 is 22.6 Å². The van der Waals surface area contributed by atoms with E-state index >= 15 is 4.39 Å². The summed E-state index contributed by atoms with van der Waals surface area (Å²) in [6.45, 7) is 3.16. The molecule has 2 aromatic carbocycles. The van der Waals surface area contributed by atoms with Gasteiger partial charge in [-0.1, -0.05) is 0 Å². The van der Waals surface area contributed by atoms with Crippen LogP contribution in [-0.2, 0) is 7.05 Å². The maximum atomic E-state index is 15.1. The van der Waals surface area contributed by atoms with Gasteiger partial charge in [0.1, 0.15) is 28.5 Å². The van der Waals surface area contributed by atoms with Crippen molar-refractivity contribution in [1.29, 1.82) is 0 Å². The molecule has 5 rings (SSSR count). The van der Waals surface area contributed by atoms with Crippen LogP contribution in [0.25, 0.3) is 22.2 Å². The summed E-state index contributed by atoms with van der Waals surface area (Å²) in [5.74, 6) is -2.72. The van der Waals surface area contributed by atoms with Gasteiger partial charge in [0.25, 0.3) is 5.91 Å². The van der Waals surface area contributed by atoms with E-state index in [9.17, 15) is 18.4 Å². The average molecular weight is 561 g/mol. The van der Waals surface area contributed by atoms with Gasteiger partial charge in [-0.05, 0) is 38.1 Å². The maximum Gasteiger partial charge on any atom is 0.261 e. The van der Waals surface area contributed by atoms with Gasteiger partial charge < -0.3 is 19.4 Å². The molecule has 0 fully saturated rings. The Bertz CT molecular complexity index is 1910. The molecule has 0 radical (unpaired) electrons. The van der Waals surface area contributed by atoms with E-state index in [1.54, 1.807) is 31.5 Å². The molecule has 0 aliphatic rings. The monoisotopic (exact) mass is 560 g/mol. The summed E-state index contributed by atoms with van der Waals surface area (Å²) in [6, 6.07) is 9.82. The van der Waals surface area contributed by atoms with Gasteiger partial charge in [-0.2, -0.15) is 0 Å². The Kier molecular flexibility index (Phi) is 7.19. The molecule has 0 spiro atoms. The zero-order chi connectivity index (χ0) is 29.4. The number of hydrogen-bond acceptors (Lipinski definition) is 6. The predicted octanol–water partition coefficient (Wildman–Crippen LogP) is 6.08. The highest BCUT2D eigenvalue weighted by Crippen LogP contribution is 2.32. The van der Waals surface area contributed by atoms with Crippen LogP contribution >= 0.6 is 0 Å². The molecule has 208 valence electrons. The lowest BCUT2D eigenvalue weighted by Crippen LogP contribution is -2.28. The largest absolute Gasteiger partial charge is 0.495 e. The number of halogens is 3. The second kappa shape index (κ2) is 10.8. The molecular weight excluding hydrogens is 537 g/mol. The summed E-state index contributed by atoms with van der Waals surface area (Å²) in [7, 11) is 3.12. The van der Waals surface area contributed by atoms with Crippen LogP contribution in [0.4, 0.5) is 18.9 Å². The van der Waals surface area contributed by atoms with Gasteiger partial charge in [0.15, 0.2) is 17.3 Å². The Morgan fingerprint density at radius 1 is 0.927 bits per heavy atom. The third-order valence-electron chi connectivity index (χ3n) is 6.77. The smallest absolute Gasteiger partial charge is 0.261 e. The minimum absolute atomic E-state index is 0.0545. The first-order valence-corrected chi connectivity index (χ1v) is 12.3. The van der Waals surface area contributed by atoms with Crippen molar-refractivity contribution in [1.82, 2.24) is 14.5 Å². The van der Waals surface area contributed by atoms with Crippen molar-refractivity contribution < 1.29 is 27.4 Å². The number of fused-ring (bicyclic) bond motifs is 1. The molecule has 0 unspecified atom stereocenters. The number of pyridine rings is 3. The van der Waals surface area contributed by atoms with Crippen LogP contribution in [0.2, 0.25) is 0 Å². The number of hydrogen-bond donors (Lipinski definition) is 1. The Morgan fingerprint density at radius 2 is 1.71 bits per heavy atom. The third-order valence-corrected chi connectivity index (χ3v) is 6.77. The maximum absolute atomic E-state index is 15.1. The molecule has 0 atom stereocenters. The molecule has 0 bridgehead atoms. The third kappa shape index (κ3) is 5.09. The topological polar surface area (TPSA) is 95.3 Å². The van der Waals surface area contributed by atoms with Crippen LogP contribution in [0.5, 0.6) is 17.2 Å². The molecule has 1 N–H and O–H groups in total. The summed E-state index contributed by atoms with van der Waals surface area (Å²) >= 11 is 0. The zero-order valence-electron chi connectivity index (χ0n) is 22.4. The number of nitrogens with one attached hydrogen (secondary N) is 1. The van der Waals surface area contributed by atoms with Crippen molar-refractivity contribution in [3.05, 3.63) is 106 Å². The van der Waals surface area contributed by atoms with Crippen molar-refractivity contribution in [2.75, 3.05) is 12.4 Å². The average Bonchev–Trinajstić information content (AvgIpc) is 2.94. The van der Waals surface area contributed by atoms with Gasteiger partial charge >= 0.3 is 0 Å². The molecule has 0 aliphatic carbocycles. The molecule has 0 aliphatic heterocycles. The second-order valence-corrected chi connectivity index (χ2v) is 9.19. The minimum Gasteiger partial charge on any atom is -0.495 e. The van der Waals surface area contributed by atoms with Crippen molar-refractivity contribution in [3.8, 4) is 28.4 Å². The molecule has 0 saturated carbocycles. The van der Waals surface area contributed by atoms with E-state index in [-0.39, 0.29) is 33.9 Å². The number of aromatic nitrogens is 3. The highest BCUT2D eigenvalue weighted by atomic mass is 19.1. The number of ether oxygens (including phenoxy) is 2. The number of nitrogens with zero attached hydrogens (tertiary/aromatic N) is 3. The molecule has 11 heteroatoms. The van der Waals surface area contributed by atoms with Crippen LogP contribution in [0, 0.1) is 31.3 Å². The first kappa shape index (κ1) is 27.4. The number of anilines is 1. The van der Waals surface area contributed by atoms with Crippen LogP contribution in [-0.4, -0.2) is 27.6 Å². The molecule has 3 heterocycles. The number of methoxy groups -OCH3 is 1. The normalized spacial score (nSPS) is 11.0. The Morgan fingerprint density at radius 3 is 2.41 bits per heavy atom. The summed E-state index contributed by atoms with van der Waals surface area (Å²) in [4.78, 5) is 35.2. The number of amides is 1. The van der Waals surface area contributed by atoms with Gasteiger partial charge in [-0.3, -0.25) is 14.6 Å². The van der Waals surface area contributed by atoms with Gasteiger partial charge in [0.05, 0.1) is 24.4 Å². The molecule has 3 aromatic heterocycles. The Labute approximate surface area is 232 Å². The fourth-order valence-corrected chi connectivity index (χ4v) is 4.47. The van der Waals surface area contributed by atoms with E-state index in [0.717, 1.165) is 18.2 Å². The standard InChI is InChI=1S/C30H23F3N4O4/c1-15-26(20-7-5-17(31)11-21(20)32)29(38)27(16(2)37(15)3)30(39)36-18-6-8-24(22(33)12-18)41-25-9-10-34-23-13-19(40-4)14-35-28(23)25/h5-14H,1-4H3,(H,36,39). The molecule has 0 saturated heterocycles. The van der Waals surface area contributed by atoms with Crippen molar-refractivity contribution in [2.24, 2.45) is 7.05 Å². The number of rotatable bonds is 6. The van der Waals surface area contributed by atoms with Gasteiger partial charge in [0.2, 0.25) is 5.43 Å². The van der Waals surface area contributed by atoms with Crippen LogP contribution < -0.4 is 20.2 Å². The minimum atomic E-state index is -0.936. The lowest BCUT2D eigenvalue weighted by Gasteiger charge is -2.18. The fraction of sp³-hybridized carbons (Fsp3) is 0.133. The van der Waals surface area contributed by atoms with Crippen LogP contribution in [0.3, 0.4) is 0 Å². The Balaban J connectivity index is 1.45. The van der Waals surface area contributed by atoms with E-state index in [2.05, 4.69) is 15.3 Å². The first-order valence-electron chi connectivity index (χ1n) is 12.3. The van der Waals surface area contributed by atoms with E-state index in [1.165, 1.54) is 37.7 Å². The van der Waals surface area contributed by atoms with Crippen molar-refractivity contribution in [2.45, 2.75) is 13.8 Å². The van der Waals surface area contributed by atoms with E-state index in [4.69, 9.17) is 9.47 Å². The fourth-order valence-electron chi connectivity index (χ4n) is 4.47. The molecule has 41 heavy (non-hydrogen) atoms. The highest BCUT2D eigenvalue weighted by molar-refractivity contribution is 6.05. The lowest BCUT2D eigenvalue weighted by molar-refractivity contribution is 0.102. The van der Waals surface area contributed by atoms with Crippen LogP contribution in [0.15, 0.2) is 65.7 Å². The molecule has 1 amide bonds. The van der Waals surface area contributed by atoms with E-state index in [1.807, 2.05) is 0 Å². The predicted molar refractivity (Wildman–Crippen MR) is 147 cm³/mol. The SMILES string of the molecule is COc1cnc2c(Oc3ccc(NC(=O)c4c(C)n(C)c(C)c(-c5ccc(F)cc5F)c4=O)cc3F)ccnc2c1. The van der Waals surface area contributed by atoms with Gasteiger partial charge in [0, 0.05) is 60.1 Å². The van der Waals surface area contributed by atoms with E-state index in [0.29, 0.717) is 34.2 Å². The number of carbonyl (C=O) groups excluding carboxylic acids is 1. The second-order valence-electron chi connectivity index (χ2n) is 9.19. The molecular formula is C30H23F3N4O4. The van der Waals surface area contributed by atoms with Crippen LogP contribution in [0.1, 0.15) is 21.7 Å². The molecule has 8 nitrogen and oxygen atoms in total. The summed E-state index contributed by atoms with van der Waals surface area (Å²) < 4.78 is 55.6. The summed E-state index contributed by atoms with van der Waals surface area (Å²) in [5, 5.41) is 2.53. The quantitative estimate of drug-likeness (QED) is 0.270.